The molecule has 0 saturated carbocycles. The number of benzene rings is 2. The molecule has 2 aromatic rings. The summed E-state index contributed by atoms with van der Waals surface area (Å²) >= 11 is 6.00. The van der Waals surface area contributed by atoms with Crippen LogP contribution in [0.1, 0.15) is 11.7 Å². The smallest absolute Gasteiger partial charge is 0.256 e. The number of piperazine rings is 1. The zero-order valence-electron chi connectivity index (χ0n) is 13.9. The van der Waals surface area contributed by atoms with Crippen LogP contribution in [0.5, 0.6) is 0 Å². The van der Waals surface area contributed by atoms with Crippen molar-refractivity contribution in [1.29, 1.82) is 0 Å². The Labute approximate surface area is 151 Å². The lowest BCUT2D eigenvalue weighted by molar-refractivity contribution is -0.146. The molecule has 0 N–H and O–H groups in total. The van der Waals surface area contributed by atoms with Crippen LogP contribution in [0.25, 0.3) is 0 Å². The molecule has 1 aliphatic heterocycles. The zero-order chi connectivity index (χ0) is 17.8. The number of anilines is 1. The molecule has 0 bridgehead atoms. The van der Waals surface area contributed by atoms with Crippen molar-refractivity contribution in [3.63, 3.8) is 0 Å². The largest absolute Gasteiger partial charge is 0.367 e. The molecule has 130 valence electrons. The SMILES string of the molecule is CO[C@@H](C(=O)N1CCN(c2cccc(Cl)c2)C(=O)C1)c1ccccc1. The third-order valence-electron chi connectivity index (χ3n) is 4.21. The van der Waals surface area contributed by atoms with E-state index in [9.17, 15) is 9.59 Å². The van der Waals surface area contributed by atoms with Crippen molar-refractivity contribution in [2.45, 2.75) is 6.10 Å². The molecule has 0 aromatic heterocycles. The van der Waals surface area contributed by atoms with Crippen LogP contribution in [0.2, 0.25) is 5.02 Å². The normalized spacial score (nSPS) is 16.0. The van der Waals surface area contributed by atoms with Gasteiger partial charge in [-0.15, -0.1) is 0 Å². The zero-order valence-corrected chi connectivity index (χ0v) is 14.6. The molecule has 1 fully saturated rings. The van der Waals surface area contributed by atoms with Gasteiger partial charge in [-0.1, -0.05) is 48.0 Å². The third kappa shape index (κ3) is 3.83. The Hall–Kier alpha value is -2.37. The predicted molar refractivity (Wildman–Crippen MR) is 96.6 cm³/mol. The highest BCUT2D eigenvalue weighted by molar-refractivity contribution is 6.30. The Balaban J connectivity index is 1.72. The van der Waals surface area contributed by atoms with E-state index in [1.807, 2.05) is 36.4 Å². The molecule has 1 heterocycles. The Bertz CT molecular complexity index is 766. The molecule has 25 heavy (non-hydrogen) atoms. The van der Waals surface area contributed by atoms with Gasteiger partial charge in [-0.3, -0.25) is 9.59 Å². The van der Waals surface area contributed by atoms with E-state index in [4.69, 9.17) is 16.3 Å². The van der Waals surface area contributed by atoms with Gasteiger partial charge in [-0.25, -0.2) is 0 Å². The van der Waals surface area contributed by atoms with E-state index in [2.05, 4.69) is 0 Å². The second-order valence-corrected chi connectivity index (χ2v) is 6.25. The van der Waals surface area contributed by atoms with Crippen molar-refractivity contribution in [3.8, 4) is 0 Å². The maximum atomic E-state index is 12.8. The van der Waals surface area contributed by atoms with Gasteiger partial charge in [0.25, 0.3) is 5.91 Å². The highest BCUT2D eigenvalue weighted by Gasteiger charge is 2.32. The Morgan fingerprint density at radius 1 is 1.12 bits per heavy atom. The molecule has 5 nitrogen and oxygen atoms in total. The highest BCUT2D eigenvalue weighted by Crippen LogP contribution is 2.24. The molecular formula is C19H19ClN2O3. The third-order valence-corrected chi connectivity index (χ3v) is 4.45. The number of nitrogens with zero attached hydrogens (tertiary/aromatic N) is 2. The molecular weight excluding hydrogens is 340 g/mol. The van der Waals surface area contributed by atoms with Crippen LogP contribution >= 0.6 is 11.6 Å². The Morgan fingerprint density at radius 2 is 1.88 bits per heavy atom. The van der Waals surface area contributed by atoms with Gasteiger partial charge in [0.1, 0.15) is 6.54 Å². The second-order valence-electron chi connectivity index (χ2n) is 5.81. The lowest BCUT2D eigenvalue weighted by atomic mass is 10.1. The van der Waals surface area contributed by atoms with Crippen molar-refractivity contribution in [1.82, 2.24) is 4.90 Å². The van der Waals surface area contributed by atoms with E-state index in [-0.39, 0.29) is 18.4 Å². The van der Waals surface area contributed by atoms with E-state index in [0.29, 0.717) is 18.1 Å². The van der Waals surface area contributed by atoms with Crippen molar-refractivity contribution in [2.75, 3.05) is 31.6 Å². The van der Waals surface area contributed by atoms with Gasteiger partial charge in [-0.05, 0) is 23.8 Å². The number of rotatable bonds is 4. The average Bonchev–Trinajstić information content (AvgIpc) is 2.63. The lowest BCUT2D eigenvalue weighted by Gasteiger charge is -2.35. The van der Waals surface area contributed by atoms with E-state index < -0.39 is 6.10 Å². The molecule has 1 aliphatic rings. The van der Waals surface area contributed by atoms with Gasteiger partial charge >= 0.3 is 0 Å². The van der Waals surface area contributed by atoms with Crippen molar-refractivity contribution < 1.29 is 14.3 Å². The minimum absolute atomic E-state index is 0.0258. The molecule has 0 radical (unpaired) electrons. The van der Waals surface area contributed by atoms with Gasteiger partial charge in [0.05, 0.1) is 0 Å². The average molecular weight is 359 g/mol. The van der Waals surface area contributed by atoms with E-state index in [0.717, 1.165) is 11.3 Å². The molecule has 3 rings (SSSR count). The lowest BCUT2D eigenvalue weighted by Crippen LogP contribution is -2.53. The molecule has 1 saturated heterocycles. The van der Waals surface area contributed by atoms with Gasteiger partial charge in [0, 0.05) is 30.9 Å². The van der Waals surface area contributed by atoms with Crippen LogP contribution in [0.3, 0.4) is 0 Å². The number of methoxy groups -OCH3 is 1. The van der Waals surface area contributed by atoms with Gasteiger partial charge in [0.15, 0.2) is 6.10 Å². The fraction of sp³-hybridized carbons (Fsp3) is 0.263. The Kier molecular flexibility index (Phi) is 5.36. The summed E-state index contributed by atoms with van der Waals surface area (Å²) in [5, 5.41) is 0.576. The molecule has 0 unspecified atom stereocenters. The number of carbonyl (C=O) groups excluding carboxylic acids is 2. The second kappa shape index (κ2) is 7.68. The van der Waals surface area contributed by atoms with Crippen LogP contribution in [0.15, 0.2) is 54.6 Å². The van der Waals surface area contributed by atoms with Crippen molar-refractivity contribution >= 4 is 29.1 Å². The van der Waals surface area contributed by atoms with Crippen LogP contribution in [-0.2, 0) is 14.3 Å². The molecule has 0 spiro atoms. The summed E-state index contributed by atoms with van der Waals surface area (Å²) in [5.41, 5.74) is 1.52. The fourth-order valence-corrected chi connectivity index (χ4v) is 3.14. The number of halogens is 1. The monoisotopic (exact) mass is 358 g/mol. The molecule has 0 aliphatic carbocycles. The predicted octanol–water partition coefficient (Wildman–Crippen LogP) is 2.90. The van der Waals surface area contributed by atoms with Gasteiger partial charge in [0.2, 0.25) is 5.91 Å². The first-order valence-corrected chi connectivity index (χ1v) is 8.40. The summed E-state index contributed by atoms with van der Waals surface area (Å²) in [5.74, 6) is -0.336. The summed E-state index contributed by atoms with van der Waals surface area (Å²) in [7, 11) is 1.50. The highest BCUT2D eigenvalue weighted by atomic mass is 35.5. The van der Waals surface area contributed by atoms with Crippen LogP contribution in [-0.4, -0.2) is 43.5 Å². The number of ether oxygens (including phenoxy) is 1. The van der Waals surface area contributed by atoms with Crippen molar-refractivity contribution in [2.24, 2.45) is 0 Å². The maximum absolute atomic E-state index is 12.8. The topological polar surface area (TPSA) is 49.9 Å². The maximum Gasteiger partial charge on any atom is 0.256 e. The summed E-state index contributed by atoms with van der Waals surface area (Å²) in [6.07, 6.45) is -0.702. The summed E-state index contributed by atoms with van der Waals surface area (Å²) in [6.45, 7) is 0.901. The van der Waals surface area contributed by atoms with E-state index >= 15 is 0 Å². The first-order valence-electron chi connectivity index (χ1n) is 8.02. The van der Waals surface area contributed by atoms with Crippen molar-refractivity contribution in [3.05, 3.63) is 65.2 Å². The summed E-state index contributed by atoms with van der Waals surface area (Å²) < 4.78 is 5.38. The first-order chi connectivity index (χ1) is 12.1. The number of hydrogen-bond donors (Lipinski definition) is 0. The van der Waals surface area contributed by atoms with Crippen LogP contribution in [0, 0.1) is 0 Å². The van der Waals surface area contributed by atoms with Crippen LogP contribution < -0.4 is 4.90 Å². The minimum Gasteiger partial charge on any atom is -0.367 e. The Morgan fingerprint density at radius 3 is 2.52 bits per heavy atom. The first kappa shape index (κ1) is 17.5. The quantitative estimate of drug-likeness (QED) is 0.844. The van der Waals surface area contributed by atoms with Gasteiger partial charge < -0.3 is 14.5 Å². The van der Waals surface area contributed by atoms with E-state index in [1.165, 1.54) is 7.11 Å². The van der Waals surface area contributed by atoms with E-state index in [1.54, 1.807) is 28.0 Å². The summed E-state index contributed by atoms with van der Waals surface area (Å²) in [6, 6.07) is 16.4. The molecule has 1 atom stereocenters. The number of amides is 2. The summed E-state index contributed by atoms with van der Waals surface area (Å²) in [4.78, 5) is 28.5. The standard InChI is InChI=1S/C19H19ClN2O3/c1-25-18(14-6-3-2-4-7-14)19(24)21-10-11-22(17(23)13-21)16-9-5-8-15(20)12-16/h2-9,12,18H,10-11,13H2,1H3/t18-/m1/s1. The van der Waals surface area contributed by atoms with Crippen LogP contribution in [0.4, 0.5) is 5.69 Å². The van der Waals surface area contributed by atoms with Gasteiger partial charge in [-0.2, -0.15) is 0 Å². The minimum atomic E-state index is -0.702. The number of hydrogen-bond acceptors (Lipinski definition) is 3. The molecule has 2 aromatic carbocycles. The number of carbonyl (C=O) groups is 2. The molecule has 6 heteroatoms. The molecule has 2 amide bonds. The fourth-order valence-electron chi connectivity index (χ4n) is 2.95.